The molecule has 0 aromatic heterocycles. The first kappa shape index (κ1) is 14.9. The SMILES string of the molecule is CCOc1cc([N+](=O)[O-])c(C(F)(F)F)cc1C(C)=O. The molecule has 0 aliphatic heterocycles. The van der Waals surface area contributed by atoms with E-state index in [1.807, 2.05) is 0 Å². The molecule has 1 aromatic carbocycles. The van der Waals surface area contributed by atoms with Crippen molar-refractivity contribution < 1.29 is 27.6 Å². The summed E-state index contributed by atoms with van der Waals surface area (Å²) >= 11 is 0. The van der Waals surface area contributed by atoms with Gasteiger partial charge in [-0.25, -0.2) is 0 Å². The van der Waals surface area contributed by atoms with Crippen LogP contribution in [-0.4, -0.2) is 17.3 Å². The van der Waals surface area contributed by atoms with Crippen molar-refractivity contribution in [2.24, 2.45) is 0 Å². The Kier molecular flexibility index (Phi) is 4.13. The second kappa shape index (κ2) is 5.25. The lowest BCUT2D eigenvalue weighted by Gasteiger charge is -2.12. The molecule has 8 heteroatoms. The second-order valence-corrected chi connectivity index (χ2v) is 3.61. The minimum absolute atomic E-state index is 0.0722. The van der Waals surface area contributed by atoms with Gasteiger partial charge in [0, 0.05) is 0 Å². The third-order valence-corrected chi connectivity index (χ3v) is 2.28. The summed E-state index contributed by atoms with van der Waals surface area (Å²) in [6, 6.07) is 1.08. The van der Waals surface area contributed by atoms with Crippen molar-refractivity contribution in [3.63, 3.8) is 0 Å². The lowest BCUT2D eigenvalue weighted by Crippen LogP contribution is -2.12. The van der Waals surface area contributed by atoms with Crippen LogP contribution in [0.2, 0.25) is 0 Å². The number of hydrogen-bond acceptors (Lipinski definition) is 4. The van der Waals surface area contributed by atoms with Crippen molar-refractivity contribution in [3.8, 4) is 5.75 Å². The summed E-state index contributed by atoms with van der Waals surface area (Å²) in [5.74, 6) is -0.890. The van der Waals surface area contributed by atoms with Crippen molar-refractivity contribution >= 4 is 11.5 Å². The van der Waals surface area contributed by atoms with Crippen molar-refractivity contribution in [1.29, 1.82) is 0 Å². The molecule has 0 saturated heterocycles. The van der Waals surface area contributed by atoms with Crippen LogP contribution in [0.4, 0.5) is 18.9 Å². The minimum atomic E-state index is -4.92. The zero-order chi connectivity index (χ0) is 14.8. The van der Waals surface area contributed by atoms with Gasteiger partial charge in [-0.1, -0.05) is 0 Å². The summed E-state index contributed by atoms with van der Waals surface area (Å²) in [5, 5.41) is 10.7. The number of carbonyl (C=O) groups is 1. The number of Topliss-reactive ketones (excluding diaryl/α,β-unsaturated/α-hetero) is 1. The van der Waals surface area contributed by atoms with Crippen LogP contribution in [0.5, 0.6) is 5.75 Å². The van der Waals surface area contributed by atoms with Crippen LogP contribution in [0.1, 0.15) is 29.8 Å². The fourth-order valence-electron chi connectivity index (χ4n) is 1.50. The van der Waals surface area contributed by atoms with Crippen LogP contribution in [-0.2, 0) is 6.18 Å². The highest BCUT2D eigenvalue weighted by Gasteiger charge is 2.39. The largest absolute Gasteiger partial charge is 0.493 e. The van der Waals surface area contributed by atoms with Gasteiger partial charge in [0.2, 0.25) is 0 Å². The first-order chi connectivity index (χ1) is 8.68. The highest BCUT2D eigenvalue weighted by molar-refractivity contribution is 5.97. The first-order valence-corrected chi connectivity index (χ1v) is 5.21. The molecular weight excluding hydrogens is 267 g/mol. The number of ketones is 1. The van der Waals surface area contributed by atoms with Crippen molar-refractivity contribution in [2.75, 3.05) is 6.61 Å². The molecule has 0 aliphatic carbocycles. The molecule has 0 N–H and O–H groups in total. The maximum Gasteiger partial charge on any atom is 0.423 e. The molecule has 0 aliphatic rings. The Morgan fingerprint density at radius 3 is 2.37 bits per heavy atom. The summed E-state index contributed by atoms with van der Waals surface area (Å²) in [7, 11) is 0. The molecule has 19 heavy (non-hydrogen) atoms. The van der Waals surface area contributed by atoms with Crippen LogP contribution in [0.15, 0.2) is 12.1 Å². The number of halogens is 3. The van der Waals surface area contributed by atoms with E-state index < -0.39 is 28.1 Å². The lowest BCUT2D eigenvalue weighted by atomic mass is 10.0. The molecule has 1 aromatic rings. The van der Waals surface area contributed by atoms with E-state index in [1.54, 1.807) is 6.92 Å². The quantitative estimate of drug-likeness (QED) is 0.481. The Hall–Kier alpha value is -2.12. The third-order valence-electron chi connectivity index (χ3n) is 2.28. The van der Waals surface area contributed by atoms with Crippen molar-refractivity contribution in [2.45, 2.75) is 20.0 Å². The molecule has 0 saturated carbocycles. The lowest BCUT2D eigenvalue weighted by molar-refractivity contribution is -0.388. The van der Waals surface area contributed by atoms with E-state index in [-0.39, 0.29) is 17.9 Å². The summed E-state index contributed by atoms with van der Waals surface area (Å²) in [6.07, 6.45) is -4.92. The number of ether oxygens (including phenoxy) is 1. The van der Waals surface area contributed by atoms with E-state index >= 15 is 0 Å². The van der Waals surface area contributed by atoms with Gasteiger partial charge in [0.05, 0.1) is 23.2 Å². The Morgan fingerprint density at radius 1 is 1.42 bits per heavy atom. The molecule has 0 radical (unpaired) electrons. The van der Waals surface area contributed by atoms with Crippen LogP contribution in [0, 0.1) is 10.1 Å². The molecule has 0 fully saturated rings. The summed E-state index contributed by atoms with van der Waals surface area (Å²) < 4.78 is 43.1. The fraction of sp³-hybridized carbons (Fsp3) is 0.364. The average molecular weight is 277 g/mol. The normalized spacial score (nSPS) is 11.2. The van der Waals surface area contributed by atoms with Crippen molar-refractivity contribution in [3.05, 3.63) is 33.4 Å². The van der Waals surface area contributed by atoms with Gasteiger partial charge in [0.1, 0.15) is 11.3 Å². The highest BCUT2D eigenvalue weighted by atomic mass is 19.4. The van der Waals surface area contributed by atoms with Crippen molar-refractivity contribution in [1.82, 2.24) is 0 Å². The van der Waals surface area contributed by atoms with Gasteiger partial charge in [-0.15, -0.1) is 0 Å². The average Bonchev–Trinajstić information content (AvgIpc) is 2.26. The first-order valence-electron chi connectivity index (χ1n) is 5.21. The molecule has 0 heterocycles. The molecule has 0 amide bonds. The number of nitrogens with zero attached hydrogens (tertiary/aromatic N) is 1. The maximum absolute atomic E-state index is 12.7. The van der Waals surface area contributed by atoms with E-state index in [1.165, 1.54) is 0 Å². The predicted octanol–water partition coefficient (Wildman–Crippen LogP) is 3.21. The predicted molar refractivity (Wildman–Crippen MR) is 59.3 cm³/mol. The minimum Gasteiger partial charge on any atom is -0.493 e. The summed E-state index contributed by atoms with van der Waals surface area (Å²) in [6.45, 7) is 2.68. The monoisotopic (exact) mass is 277 g/mol. The highest BCUT2D eigenvalue weighted by Crippen LogP contribution is 2.39. The molecule has 0 atom stereocenters. The van der Waals surface area contributed by atoms with Crippen LogP contribution >= 0.6 is 0 Å². The Labute approximate surface area is 106 Å². The second-order valence-electron chi connectivity index (χ2n) is 3.61. The molecule has 0 spiro atoms. The van der Waals surface area contributed by atoms with Gasteiger partial charge in [-0.3, -0.25) is 14.9 Å². The topological polar surface area (TPSA) is 69.4 Å². The van der Waals surface area contributed by atoms with Gasteiger partial charge in [-0.05, 0) is 19.9 Å². The van der Waals surface area contributed by atoms with E-state index in [0.29, 0.717) is 12.1 Å². The molecule has 5 nitrogen and oxygen atoms in total. The number of hydrogen-bond donors (Lipinski definition) is 0. The Bertz CT molecular complexity index is 525. The number of rotatable bonds is 4. The van der Waals surface area contributed by atoms with Gasteiger partial charge in [0.25, 0.3) is 5.69 Å². The number of benzene rings is 1. The molecule has 0 bridgehead atoms. The molecule has 0 unspecified atom stereocenters. The summed E-state index contributed by atoms with van der Waals surface area (Å²) in [4.78, 5) is 20.8. The van der Waals surface area contributed by atoms with E-state index in [9.17, 15) is 28.1 Å². The molecular formula is C11H10F3NO4. The van der Waals surface area contributed by atoms with E-state index in [2.05, 4.69) is 0 Å². The van der Waals surface area contributed by atoms with Gasteiger partial charge >= 0.3 is 6.18 Å². The zero-order valence-corrected chi connectivity index (χ0v) is 10.1. The number of carbonyl (C=O) groups excluding carboxylic acids is 1. The number of nitro benzene ring substituents is 1. The van der Waals surface area contributed by atoms with Crippen LogP contribution < -0.4 is 4.74 Å². The standard InChI is InChI=1S/C11H10F3NO4/c1-3-19-10-5-9(15(17)18)8(11(12,13)14)4-7(10)6(2)16/h4-5H,3H2,1-2H3. The molecule has 104 valence electrons. The van der Waals surface area contributed by atoms with Crippen LogP contribution in [0.3, 0.4) is 0 Å². The van der Waals surface area contributed by atoms with E-state index in [0.717, 1.165) is 6.92 Å². The van der Waals surface area contributed by atoms with Crippen LogP contribution in [0.25, 0.3) is 0 Å². The Balaban J connectivity index is 3.60. The van der Waals surface area contributed by atoms with Gasteiger partial charge in [-0.2, -0.15) is 13.2 Å². The fourth-order valence-corrected chi connectivity index (χ4v) is 1.50. The zero-order valence-electron chi connectivity index (χ0n) is 10.1. The molecule has 1 rings (SSSR count). The van der Waals surface area contributed by atoms with Gasteiger partial charge < -0.3 is 4.74 Å². The van der Waals surface area contributed by atoms with E-state index in [4.69, 9.17) is 4.74 Å². The third kappa shape index (κ3) is 3.21. The van der Waals surface area contributed by atoms with Gasteiger partial charge in [0.15, 0.2) is 5.78 Å². The number of alkyl halides is 3. The Morgan fingerprint density at radius 2 is 2.00 bits per heavy atom. The number of nitro groups is 1. The maximum atomic E-state index is 12.7. The summed E-state index contributed by atoms with van der Waals surface area (Å²) in [5.41, 5.74) is -2.94. The smallest absolute Gasteiger partial charge is 0.423 e.